The SMILES string of the molecule is Cc1cc(Cl)ccc1OCC(C)[N+](C)(C)C(=O)O. The van der Waals surface area contributed by atoms with E-state index in [-0.39, 0.29) is 10.5 Å². The van der Waals surface area contributed by atoms with Gasteiger partial charge in [-0.25, -0.2) is 4.48 Å². The van der Waals surface area contributed by atoms with Crippen molar-refractivity contribution >= 4 is 17.7 Å². The molecule has 4 nitrogen and oxygen atoms in total. The number of amides is 1. The van der Waals surface area contributed by atoms with E-state index in [0.717, 1.165) is 11.3 Å². The number of hydrogen-bond acceptors (Lipinski definition) is 2. The summed E-state index contributed by atoms with van der Waals surface area (Å²) in [6, 6.07) is 5.22. The third kappa shape index (κ3) is 3.37. The lowest BCUT2D eigenvalue weighted by molar-refractivity contribution is -0.841. The van der Waals surface area contributed by atoms with Crippen LogP contribution >= 0.6 is 11.6 Å². The lowest BCUT2D eigenvalue weighted by Gasteiger charge is -2.29. The maximum Gasteiger partial charge on any atom is 0.513 e. The lowest BCUT2D eigenvalue weighted by Crippen LogP contribution is -2.53. The van der Waals surface area contributed by atoms with Gasteiger partial charge in [0.1, 0.15) is 18.4 Å². The van der Waals surface area contributed by atoms with Gasteiger partial charge in [0.15, 0.2) is 0 Å². The Labute approximate surface area is 112 Å². The van der Waals surface area contributed by atoms with Gasteiger partial charge in [0.2, 0.25) is 0 Å². The van der Waals surface area contributed by atoms with Crippen LogP contribution in [0.4, 0.5) is 4.79 Å². The average Bonchev–Trinajstić information content (AvgIpc) is 2.27. The number of halogens is 1. The molecule has 0 aliphatic heterocycles. The number of quaternary nitrogens is 1. The predicted molar refractivity (Wildman–Crippen MR) is 71.3 cm³/mol. The zero-order valence-electron chi connectivity index (χ0n) is 11.1. The number of rotatable bonds is 4. The quantitative estimate of drug-likeness (QED) is 0.857. The fourth-order valence-electron chi connectivity index (χ4n) is 1.36. The van der Waals surface area contributed by atoms with Gasteiger partial charge < -0.3 is 9.84 Å². The molecule has 1 amide bonds. The summed E-state index contributed by atoms with van der Waals surface area (Å²) in [4.78, 5) is 11.1. The van der Waals surface area contributed by atoms with Crippen LogP contribution in [-0.2, 0) is 0 Å². The van der Waals surface area contributed by atoms with Gasteiger partial charge in [-0.3, -0.25) is 0 Å². The first-order valence-electron chi connectivity index (χ1n) is 5.71. The summed E-state index contributed by atoms with van der Waals surface area (Å²) in [6.45, 7) is 4.09. The first-order valence-corrected chi connectivity index (χ1v) is 6.09. The van der Waals surface area contributed by atoms with Crippen LogP contribution < -0.4 is 4.74 Å². The van der Waals surface area contributed by atoms with E-state index in [1.54, 1.807) is 26.2 Å². The van der Waals surface area contributed by atoms with E-state index in [0.29, 0.717) is 11.6 Å². The molecule has 0 radical (unpaired) electrons. The van der Waals surface area contributed by atoms with Crippen molar-refractivity contribution in [2.24, 2.45) is 0 Å². The Bertz CT molecular complexity index is 446. The van der Waals surface area contributed by atoms with E-state index in [1.165, 1.54) is 0 Å². The van der Waals surface area contributed by atoms with Crippen molar-refractivity contribution in [2.45, 2.75) is 19.9 Å². The molecule has 1 atom stereocenters. The molecule has 0 bridgehead atoms. The highest BCUT2D eigenvalue weighted by Crippen LogP contribution is 2.22. The van der Waals surface area contributed by atoms with Gasteiger partial charge in [-0.05, 0) is 37.6 Å². The van der Waals surface area contributed by atoms with Crippen LogP contribution in [0.2, 0.25) is 5.02 Å². The van der Waals surface area contributed by atoms with Gasteiger partial charge in [-0.1, -0.05) is 11.6 Å². The van der Waals surface area contributed by atoms with Crippen molar-refractivity contribution in [2.75, 3.05) is 20.7 Å². The van der Waals surface area contributed by atoms with Crippen molar-refractivity contribution in [3.05, 3.63) is 28.8 Å². The Kier molecular flexibility index (Phi) is 4.59. The van der Waals surface area contributed by atoms with Crippen LogP contribution in [0.3, 0.4) is 0 Å². The summed E-state index contributed by atoms with van der Waals surface area (Å²) in [7, 11) is 3.29. The second-order valence-electron chi connectivity index (χ2n) is 4.89. The zero-order valence-corrected chi connectivity index (χ0v) is 11.9. The fraction of sp³-hybridized carbons (Fsp3) is 0.462. The predicted octanol–water partition coefficient (Wildman–Crippen LogP) is 3.17. The van der Waals surface area contributed by atoms with Gasteiger partial charge in [-0.15, -0.1) is 0 Å². The Morgan fingerprint density at radius 3 is 2.61 bits per heavy atom. The molecule has 0 aliphatic carbocycles. The van der Waals surface area contributed by atoms with Crippen molar-refractivity contribution in [1.82, 2.24) is 0 Å². The van der Waals surface area contributed by atoms with E-state index in [9.17, 15) is 4.79 Å². The molecule has 0 saturated heterocycles. The second-order valence-corrected chi connectivity index (χ2v) is 5.33. The van der Waals surface area contributed by atoms with Crippen molar-refractivity contribution in [3.63, 3.8) is 0 Å². The van der Waals surface area contributed by atoms with Gasteiger partial charge in [0.25, 0.3) is 0 Å². The van der Waals surface area contributed by atoms with Crippen LogP contribution in [0.15, 0.2) is 18.2 Å². The molecule has 0 aliphatic rings. The van der Waals surface area contributed by atoms with Crippen LogP contribution in [0.25, 0.3) is 0 Å². The summed E-state index contributed by atoms with van der Waals surface area (Å²) >= 11 is 5.86. The number of carbonyl (C=O) groups is 1. The van der Waals surface area contributed by atoms with E-state index in [1.807, 2.05) is 19.9 Å². The zero-order chi connectivity index (χ0) is 13.9. The molecule has 100 valence electrons. The van der Waals surface area contributed by atoms with Gasteiger partial charge in [0.05, 0.1) is 14.1 Å². The molecule has 1 unspecified atom stereocenters. The fourth-order valence-corrected chi connectivity index (χ4v) is 1.59. The van der Waals surface area contributed by atoms with Crippen LogP contribution in [0, 0.1) is 6.92 Å². The molecule has 1 rings (SSSR count). The molecule has 5 heteroatoms. The standard InChI is InChI=1S/C13H18ClNO3/c1-9-7-11(14)5-6-12(9)18-8-10(2)15(3,4)13(16)17/h5-7,10H,8H2,1-4H3/p+1. The summed E-state index contributed by atoms with van der Waals surface area (Å²) < 4.78 is 5.52. The van der Waals surface area contributed by atoms with E-state index < -0.39 is 6.09 Å². The number of aryl methyl sites for hydroxylation is 1. The second kappa shape index (κ2) is 5.59. The Balaban J connectivity index is 2.68. The minimum absolute atomic E-state index is 0.132. The molecule has 0 heterocycles. The van der Waals surface area contributed by atoms with E-state index in [4.69, 9.17) is 21.4 Å². The van der Waals surface area contributed by atoms with E-state index >= 15 is 0 Å². The minimum Gasteiger partial charge on any atom is -0.487 e. The third-order valence-electron chi connectivity index (χ3n) is 3.21. The molecule has 1 aromatic carbocycles. The van der Waals surface area contributed by atoms with Gasteiger partial charge >= 0.3 is 6.09 Å². The maximum atomic E-state index is 11.1. The molecular formula is C13H19ClNO3+. The largest absolute Gasteiger partial charge is 0.513 e. The smallest absolute Gasteiger partial charge is 0.487 e. The Morgan fingerprint density at radius 2 is 2.11 bits per heavy atom. The van der Waals surface area contributed by atoms with Crippen molar-refractivity contribution < 1.29 is 19.1 Å². The molecule has 1 aromatic rings. The van der Waals surface area contributed by atoms with Crippen LogP contribution in [0.1, 0.15) is 12.5 Å². The van der Waals surface area contributed by atoms with Crippen LogP contribution in [-0.4, -0.2) is 42.4 Å². The molecule has 0 fully saturated rings. The molecule has 0 saturated carbocycles. The first kappa shape index (κ1) is 14.8. The van der Waals surface area contributed by atoms with Crippen LogP contribution in [0.5, 0.6) is 5.75 Å². The number of nitrogens with zero attached hydrogens (tertiary/aromatic N) is 1. The Hall–Kier alpha value is -1.26. The molecule has 0 spiro atoms. The third-order valence-corrected chi connectivity index (χ3v) is 3.45. The van der Waals surface area contributed by atoms with Crippen molar-refractivity contribution in [3.8, 4) is 5.75 Å². The highest BCUT2D eigenvalue weighted by molar-refractivity contribution is 6.30. The first-order chi connectivity index (χ1) is 8.25. The summed E-state index contributed by atoms with van der Waals surface area (Å²) in [5.74, 6) is 0.733. The van der Waals surface area contributed by atoms with Crippen molar-refractivity contribution in [1.29, 1.82) is 0 Å². The summed E-state index contributed by atoms with van der Waals surface area (Å²) in [5, 5.41) is 9.76. The summed E-state index contributed by atoms with van der Waals surface area (Å²) in [6.07, 6.45) is -0.876. The molecule has 18 heavy (non-hydrogen) atoms. The summed E-state index contributed by atoms with van der Waals surface area (Å²) in [5.41, 5.74) is 0.940. The average molecular weight is 273 g/mol. The molecular weight excluding hydrogens is 254 g/mol. The number of likely N-dealkylation sites (N-methyl/N-ethyl adjacent to an activating group) is 1. The number of benzene rings is 1. The van der Waals surface area contributed by atoms with Gasteiger partial charge in [-0.2, -0.15) is 4.79 Å². The van der Waals surface area contributed by atoms with E-state index in [2.05, 4.69) is 0 Å². The monoisotopic (exact) mass is 272 g/mol. The molecule has 1 N–H and O–H groups in total. The number of ether oxygens (including phenoxy) is 1. The Morgan fingerprint density at radius 1 is 1.50 bits per heavy atom. The number of hydrogen-bond donors (Lipinski definition) is 1. The highest BCUT2D eigenvalue weighted by Gasteiger charge is 2.33. The maximum absolute atomic E-state index is 11.1. The minimum atomic E-state index is -0.876. The highest BCUT2D eigenvalue weighted by atomic mass is 35.5. The topological polar surface area (TPSA) is 46.5 Å². The lowest BCUT2D eigenvalue weighted by atomic mass is 10.2. The van der Waals surface area contributed by atoms with Gasteiger partial charge in [0, 0.05) is 5.02 Å². The number of carboxylic acid groups (broad SMARTS) is 1. The normalized spacial score (nSPS) is 13.2. The molecule has 0 aromatic heterocycles.